The lowest BCUT2D eigenvalue weighted by Gasteiger charge is -2.29. The van der Waals surface area contributed by atoms with Gasteiger partial charge in [-0.15, -0.1) is 0 Å². The summed E-state index contributed by atoms with van der Waals surface area (Å²) in [7, 11) is 3.02. The highest BCUT2D eigenvalue weighted by atomic mass is 19.1. The molecule has 2 atom stereocenters. The zero-order valence-corrected chi connectivity index (χ0v) is 18.9. The molecule has 8 heteroatoms. The maximum Gasteiger partial charge on any atom is 0.255 e. The van der Waals surface area contributed by atoms with Gasteiger partial charge < -0.3 is 25.2 Å². The summed E-state index contributed by atoms with van der Waals surface area (Å²) in [5, 5.41) is 15.5. The summed E-state index contributed by atoms with van der Waals surface area (Å²) < 4.78 is 25.4. The number of ether oxygens (including phenoxy) is 2. The van der Waals surface area contributed by atoms with Gasteiger partial charge in [-0.3, -0.25) is 9.59 Å². The van der Waals surface area contributed by atoms with Gasteiger partial charge in [-0.05, 0) is 72.6 Å². The topological polar surface area (TPSA) is 96.9 Å². The van der Waals surface area contributed by atoms with Crippen molar-refractivity contribution in [3.05, 3.63) is 63.5 Å². The van der Waals surface area contributed by atoms with E-state index in [1.807, 2.05) is 6.07 Å². The molecule has 1 saturated heterocycles. The van der Waals surface area contributed by atoms with Crippen LogP contribution in [0, 0.1) is 5.82 Å². The predicted molar refractivity (Wildman–Crippen MR) is 120 cm³/mol. The van der Waals surface area contributed by atoms with Crippen LogP contribution < -0.4 is 15.4 Å². The largest absolute Gasteiger partial charge is 0.496 e. The van der Waals surface area contributed by atoms with E-state index in [2.05, 4.69) is 10.6 Å². The van der Waals surface area contributed by atoms with Crippen molar-refractivity contribution in [1.82, 2.24) is 10.6 Å². The minimum atomic E-state index is -0.760. The van der Waals surface area contributed by atoms with E-state index < -0.39 is 17.8 Å². The van der Waals surface area contributed by atoms with Gasteiger partial charge in [0.05, 0.1) is 37.0 Å². The number of fused-ring (bicyclic) bond motifs is 1. The Morgan fingerprint density at radius 1 is 1.18 bits per heavy atom. The normalized spacial score (nSPS) is 19.6. The minimum absolute atomic E-state index is 0.00343. The second-order valence-electron chi connectivity index (χ2n) is 8.51. The molecular formula is C25H29FN2O5. The molecule has 0 radical (unpaired) electrons. The van der Waals surface area contributed by atoms with Gasteiger partial charge in [-0.1, -0.05) is 6.07 Å². The molecule has 176 valence electrons. The van der Waals surface area contributed by atoms with E-state index in [-0.39, 0.29) is 24.1 Å². The first-order chi connectivity index (χ1) is 15.9. The molecule has 1 aliphatic heterocycles. The van der Waals surface area contributed by atoms with Crippen LogP contribution in [0.25, 0.3) is 0 Å². The number of carbonyl (C=O) groups is 2. The molecule has 7 nitrogen and oxygen atoms in total. The Balaban J connectivity index is 1.66. The minimum Gasteiger partial charge on any atom is -0.496 e. The summed E-state index contributed by atoms with van der Waals surface area (Å²) in [6, 6.07) is 6.01. The van der Waals surface area contributed by atoms with E-state index in [1.165, 1.54) is 19.2 Å². The fourth-order valence-corrected chi connectivity index (χ4v) is 4.74. The van der Waals surface area contributed by atoms with Crippen molar-refractivity contribution >= 4 is 11.8 Å². The van der Waals surface area contributed by atoms with E-state index in [4.69, 9.17) is 9.47 Å². The Morgan fingerprint density at radius 3 is 2.67 bits per heavy atom. The molecule has 2 aliphatic rings. The zero-order chi connectivity index (χ0) is 23.5. The predicted octanol–water partition coefficient (Wildman–Crippen LogP) is 2.15. The highest BCUT2D eigenvalue weighted by molar-refractivity contribution is 5.98. The Hall–Kier alpha value is -2.97. The Kier molecular flexibility index (Phi) is 6.95. The van der Waals surface area contributed by atoms with E-state index in [9.17, 15) is 19.1 Å². The molecule has 0 aromatic heterocycles. The molecule has 2 aromatic carbocycles. The van der Waals surface area contributed by atoms with Gasteiger partial charge in [0.2, 0.25) is 0 Å². The van der Waals surface area contributed by atoms with Crippen LogP contribution in [-0.2, 0) is 24.0 Å². The number of benzene rings is 2. The standard InChI is InChI=1S/C25H29FN2O5/c1-27-24(30)18-7-6-14(11-20(18)26)10-15-12-19(23(32-2)17-5-3-4-16(15)17)25(31)28-21-8-9-33-13-22(21)29/h6-7,11-12,21-22,29H,3-5,8-10,13H2,1-2H3,(H,27,30)(H,28,31)/t21-,22-/m0/s1. The summed E-state index contributed by atoms with van der Waals surface area (Å²) in [5.74, 6) is -0.802. The van der Waals surface area contributed by atoms with Crippen LogP contribution in [-0.4, -0.2) is 56.4 Å². The van der Waals surface area contributed by atoms with Crippen LogP contribution in [0.3, 0.4) is 0 Å². The third-order valence-electron chi connectivity index (χ3n) is 6.43. The summed E-state index contributed by atoms with van der Waals surface area (Å²) in [6.07, 6.45) is 2.81. The molecular weight excluding hydrogens is 427 g/mol. The summed E-state index contributed by atoms with van der Waals surface area (Å²) >= 11 is 0. The monoisotopic (exact) mass is 456 g/mol. The molecule has 1 aliphatic carbocycles. The molecule has 1 heterocycles. The van der Waals surface area contributed by atoms with Gasteiger partial charge in [0.1, 0.15) is 11.6 Å². The highest BCUT2D eigenvalue weighted by Gasteiger charge is 2.29. The molecule has 0 spiro atoms. The van der Waals surface area contributed by atoms with Gasteiger partial charge in [-0.2, -0.15) is 0 Å². The summed E-state index contributed by atoms with van der Waals surface area (Å²) in [5.41, 5.74) is 4.20. The first kappa shape index (κ1) is 23.2. The second-order valence-corrected chi connectivity index (χ2v) is 8.51. The van der Waals surface area contributed by atoms with Crippen molar-refractivity contribution in [2.45, 2.75) is 44.2 Å². The van der Waals surface area contributed by atoms with Crippen molar-refractivity contribution in [2.75, 3.05) is 27.4 Å². The Morgan fingerprint density at radius 2 is 1.97 bits per heavy atom. The van der Waals surface area contributed by atoms with Crippen LogP contribution in [0.2, 0.25) is 0 Å². The number of amides is 2. The SMILES string of the molecule is CNC(=O)c1ccc(Cc2cc(C(=O)N[C@H]3CCOC[C@@H]3O)c(OC)c3c2CCC3)cc1F. The number of hydrogen-bond acceptors (Lipinski definition) is 5. The van der Waals surface area contributed by atoms with Gasteiger partial charge in [-0.25, -0.2) is 4.39 Å². The second kappa shape index (κ2) is 9.89. The smallest absolute Gasteiger partial charge is 0.255 e. The molecule has 33 heavy (non-hydrogen) atoms. The third-order valence-corrected chi connectivity index (χ3v) is 6.43. The molecule has 0 saturated carbocycles. The summed E-state index contributed by atoms with van der Waals surface area (Å²) in [4.78, 5) is 25.0. The lowest BCUT2D eigenvalue weighted by molar-refractivity contribution is -0.0261. The number of methoxy groups -OCH3 is 1. The third kappa shape index (κ3) is 4.72. The van der Waals surface area contributed by atoms with E-state index in [0.717, 1.165) is 36.0 Å². The van der Waals surface area contributed by atoms with Crippen LogP contribution >= 0.6 is 0 Å². The first-order valence-electron chi connectivity index (χ1n) is 11.2. The van der Waals surface area contributed by atoms with Crippen molar-refractivity contribution in [1.29, 1.82) is 0 Å². The van der Waals surface area contributed by atoms with Gasteiger partial charge in [0.25, 0.3) is 11.8 Å². The van der Waals surface area contributed by atoms with E-state index >= 15 is 0 Å². The van der Waals surface area contributed by atoms with E-state index in [1.54, 1.807) is 13.2 Å². The van der Waals surface area contributed by atoms with Crippen molar-refractivity contribution in [3.8, 4) is 5.75 Å². The van der Waals surface area contributed by atoms with Crippen LogP contribution in [0.4, 0.5) is 4.39 Å². The number of rotatable bonds is 6. The summed E-state index contributed by atoms with van der Waals surface area (Å²) in [6.45, 7) is 0.668. The fraction of sp³-hybridized carbons (Fsp3) is 0.440. The number of nitrogens with one attached hydrogen (secondary N) is 2. The number of aliphatic hydroxyl groups excluding tert-OH is 1. The van der Waals surface area contributed by atoms with Crippen LogP contribution in [0.5, 0.6) is 5.75 Å². The lowest BCUT2D eigenvalue weighted by atomic mass is 9.92. The Bertz CT molecular complexity index is 1070. The number of halogens is 1. The molecule has 0 bridgehead atoms. The van der Waals surface area contributed by atoms with Gasteiger partial charge >= 0.3 is 0 Å². The average Bonchev–Trinajstić information content (AvgIpc) is 3.30. The Labute approximate surface area is 192 Å². The number of hydrogen-bond donors (Lipinski definition) is 3. The van der Waals surface area contributed by atoms with E-state index in [0.29, 0.717) is 36.3 Å². The molecule has 0 unspecified atom stereocenters. The highest BCUT2D eigenvalue weighted by Crippen LogP contribution is 2.37. The maximum atomic E-state index is 14.5. The average molecular weight is 457 g/mol. The quantitative estimate of drug-likeness (QED) is 0.619. The van der Waals surface area contributed by atoms with Gasteiger partial charge in [0, 0.05) is 13.7 Å². The van der Waals surface area contributed by atoms with Crippen LogP contribution in [0.1, 0.15) is 55.8 Å². The number of aliphatic hydroxyl groups is 1. The maximum absolute atomic E-state index is 14.5. The molecule has 1 fully saturated rings. The molecule has 4 rings (SSSR count). The molecule has 2 aromatic rings. The number of carbonyl (C=O) groups excluding carboxylic acids is 2. The zero-order valence-electron chi connectivity index (χ0n) is 18.9. The first-order valence-corrected chi connectivity index (χ1v) is 11.2. The van der Waals surface area contributed by atoms with Crippen molar-refractivity contribution < 1.29 is 28.6 Å². The lowest BCUT2D eigenvalue weighted by Crippen LogP contribution is -2.48. The molecule has 3 N–H and O–H groups in total. The molecule has 2 amide bonds. The van der Waals surface area contributed by atoms with Crippen molar-refractivity contribution in [3.63, 3.8) is 0 Å². The van der Waals surface area contributed by atoms with Crippen LogP contribution in [0.15, 0.2) is 24.3 Å². The van der Waals surface area contributed by atoms with Crippen molar-refractivity contribution in [2.24, 2.45) is 0 Å². The van der Waals surface area contributed by atoms with Gasteiger partial charge in [0.15, 0.2) is 0 Å². The fourth-order valence-electron chi connectivity index (χ4n) is 4.74.